The van der Waals surface area contributed by atoms with E-state index in [1.165, 1.54) is 12.1 Å². The normalized spacial score (nSPS) is 12.1. The molecule has 0 saturated carbocycles. The van der Waals surface area contributed by atoms with Gasteiger partial charge in [0.2, 0.25) is 0 Å². The van der Waals surface area contributed by atoms with Crippen LogP contribution in [-0.4, -0.2) is 6.54 Å². The van der Waals surface area contributed by atoms with Crippen molar-refractivity contribution in [3.8, 4) is 12.3 Å². The second-order valence-electron chi connectivity index (χ2n) is 3.62. The molecule has 0 aliphatic heterocycles. The Morgan fingerprint density at radius 3 is 2.73 bits per heavy atom. The quantitative estimate of drug-likeness (QED) is 0.745. The van der Waals surface area contributed by atoms with Crippen molar-refractivity contribution in [3.63, 3.8) is 0 Å². The summed E-state index contributed by atoms with van der Waals surface area (Å²) in [6.07, 6.45) is 6.42. The molecule has 0 radical (unpaired) electrons. The monoisotopic (exact) mass is 205 g/mol. The molecule has 1 unspecified atom stereocenters. The van der Waals surface area contributed by atoms with Gasteiger partial charge in [0.15, 0.2) is 0 Å². The molecule has 0 bridgehead atoms. The number of hydrogen-bond donors (Lipinski definition) is 1. The number of aryl methyl sites for hydroxylation is 1. The second-order valence-corrected chi connectivity index (χ2v) is 3.62. The Labute approximate surface area is 90.7 Å². The smallest absolute Gasteiger partial charge is 0.123 e. The molecule has 2 heteroatoms. The molecule has 1 aromatic rings. The number of benzene rings is 1. The van der Waals surface area contributed by atoms with Crippen LogP contribution in [0.25, 0.3) is 0 Å². The summed E-state index contributed by atoms with van der Waals surface area (Å²) in [4.78, 5) is 0. The van der Waals surface area contributed by atoms with Gasteiger partial charge in [-0.05, 0) is 43.1 Å². The van der Waals surface area contributed by atoms with Gasteiger partial charge in [0, 0.05) is 0 Å². The minimum absolute atomic E-state index is 0.195. The Kier molecular flexibility index (Phi) is 4.33. The summed E-state index contributed by atoms with van der Waals surface area (Å²) in [6.45, 7) is 4.77. The van der Waals surface area contributed by atoms with Crippen LogP contribution in [0.5, 0.6) is 0 Å². The van der Waals surface area contributed by atoms with Crippen molar-refractivity contribution in [2.24, 2.45) is 0 Å². The maximum absolute atomic E-state index is 13.2. The van der Waals surface area contributed by atoms with Crippen molar-refractivity contribution >= 4 is 0 Å². The molecule has 1 rings (SSSR count). The molecule has 1 atom stereocenters. The largest absolute Gasteiger partial charge is 0.300 e. The summed E-state index contributed by atoms with van der Waals surface area (Å²) in [5.41, 5.74) is 1.71. The Bertz CT molecular complexity index is 345. The van der Waals surface area contributed by atoms with Crippen LogP contribution < -0.4 is 5.32 Å². The Morgan fingerprint density at radius 1 is 1.47 bits per heavy atom. The lowest BCUT2D eigenvalue weighted by Gasteiger charge is -2.13. The first-order valence-electron chi connectivity index (χ1n) is 5.14. The summed E-state index contributed by atoms with van der Waals surface area (Å²) < 4.78 is 13.2. The first kappa shape index (κ1) is 11.7. The number of hydrogen-bond acceptors (Lipinski definition) is 1. The van der Waals surface area contributed by atoms with Crippen LogP contribution in [0.3, 0.4) is 0 Å². The zero-order chi connectivity index (χ0) is 11.3. The molecule has 1 nitrogen and oxygen atoms in total. The van der Waals surface area contributed by atoms with Gasteiger partial charge in [0.25, 0.3) is 0 Å². The summed E-state index contributed by atoms with van der Waals surface area (Å²) in [7, 11) is 0. The van der Waals surface area contributed by atoms with Gasteiger partial charge in [-0.3, -0.25) is 0 Å². The summed E-state index contributed by atoms with van der Waals surface area (Å²) >= 11 is 0. The molecule has 15 heavy (non-hydrogen) atoms. The predicted molar refractivity (Wildman–Crippen MR) is 61.0 cm³/mol. The minimum Gasteiger partial charge on any atom is -0.300 e. The molecular weight excluding hydrogens is 189 g/mol. The highest BCUT2D eigenvalue weighted by molar-refractivity contribution is 5.30. The molecule has 0 aliphatic carbocycles. The standard InChI is InChI=1S/C13H16FN/c1-4-6-15-13(5-2)11-7-10(3)8-12(14)9-11/h2,7-9,13,15H,4,6H2,1,3H3. The van der Waals surface area contributed by atoms with Crippen LogP contribution in [0.15, 0.2) is 18.2 Å². The molecule has 0 saturated heterocycles. The molecule has 0 fully saturated rings. The van der Waals surface area contributed by atoms with Gasteiger partial charge in [0.1, 0.15) is 5.82 Å². The lowest BCUT2D eigenvalue weighted by molar-refractivity contribution is 0.602. The van der Waals surface area contributed by atoms with Crippen molar-refractivity contribution in [2.45, 2.75) is 26.3 Å². The van der Waals surface area contributed by atoms with Crippen LogP contribution in [0, 0.1) is 25.1 Å². The van der Waals surface area contributed by atoms with Gasteiger partial charge >= 0.3 is 0 Å². The van der Waals surface area contributed by atoms with E-state index in [4.69, 9.17) is 6.42 Å². The van der Waals surface area contributed by atoms with Crippen molar-refractivity contribution in [1.29, 1.82) is 0 Å². The van der Waals surface area contributed by atoms with Crippen LogP contribution in [0.2, 0.25) is 0 Å². The van der Waals surface area contributed by atoms with Gasteiger partial charge in [-0.15, -0.1) is 6.42 Å². The summed E-state index contributed by atoms with van der Waals surface area (Å²) in [6, 6.07) is 4.70. The molecule has 1 N–H and O–H groups in total. The Balaban J connectivity index is 2.87. The predicted octanol–water partition coefficient (Wildman–Crippen LogP) is 2.81. The van der Waals surface area contributed by atoms with Crippen LogP contribution >= 0.6 is 0 Å². The van der Waals surface area contributed by atoms with E-state index in [0.29, 0.717) is 0 Å². The maximum Gasteiger partial charge on any atom is 0.123 e. The molecule has 0 amide bonds. The van der Waals surface area contributed by atoms with Crippen molar-refractivity contribution in [3.05, 3.63) is 35.1 Å². The molecule has 80 valence electrons. The minimum atomic E-state index is -0.233. The number of nitrogens with one attached hydrogen (secondary N) is 1. The topological polar surface area (TPSA) is 12.0 Å². The van der Waals surface area contributed by atoms with Gasteiger partial charge in [-0.25, -0.2) is 4.39 Å². The van der Waals surface area contributed by atoms with Gasteiger partial charge < -0.3 is 5.32 Å². The first-order valence-corrected chi connectivity index (χ1v) is 5.14. The van der Waals surface area contributed by atoms with Crippen molar-refractivity contribution in [1.82, 2.24) is 5.32 Å². The van der Waals surface area contributed by atoms with E-state index in [9.17, 15) is 4.39 Å². The van der Waals surface area contributed by atoms with Crippen LogP contribution in [0.1, 0.15) is 30.5 Å². The zero-order valence-electron chi connectivity index (χ0n) is 9.18. The third kappa shape index (κ3) is 3.38. The second kappa shape index (κ2) is 5.53. The van der Waals surface area contributed by atoms with Gasteiger partial charge in [-0.1, -0.05) is 18.9 Å². The zero-order valence-corrected chi connectivity index (χ0v) is 9.18. The third-order valence-electron chi connectivity index (χ3n) is 2.16. The van der Waals surface area contributed by atoms with E-state index in [-0.39, 0.29) is 11.9 Å². The average molecular weight is 205 g/mol. The lowest BCUT2D eigenvalue weighted by Crippen LogP contribution is -2.20. The lowest BCUT2D eigenvalue weighted by atomic mass is 10.0. The highest BCUT2D eigenvalue weighted by Gasteiger charge is 2.08. The number of halogens is 1. The van der Waals surface area contributed by atoms with Crippen molar-refractivity contribution in [2.75, 3.05) is 6.54 Å². The highest BCUT2D eigenvalue weighted by Crippen LogP contribution is 2.15. The van der Waals surface area contributed by atoms with Crippen LogP contribution in [-0.2, 0) is 0 Å². The fourth-order valence-corrected chi connectivity index (χ4v) is 1.49. The summed E-state index contributed by atoms with van der Waals surface area (Å²) in [5, 5.41) is 3.19. The molecular formula is C13H16FN. The Hall–Kier alpha value is -1.33. The van der Waals surface area contributed by atoms with E-state index in [0.717, 1.165) is 24.1 Å². The van der Waals surface area contributed by atoms with E-state index in [1.54, 1.807) is 0 Å². The van der Waals surface area contributed by atoms with E-state index >= 15 is 0 Å². The van der Waals surface area contributed by atoms with Crippen molar-refractivity contribution < 1.29 is 4.39 Å². The first-order chi connectivity index (χ1) is 7.17. The molecule has 0 heterocycles. The average Bonchev–Trinajstić information content (AvgIpc) is 2.17. The van der Waals surface area contributed by atoms with E-state index in [2.05, 4.69) is 18.2 Å². The van der Waals surface area contributed by atoms with Gasteiger partial charge in [0.05, 0.1) is 6.04 Å². The number of rotatable bonds is 4. The van der Waals surface area contributed by atoms with Gasteiger partial charge in [-0.2, -0.15) is 0 Å². The summed E-state index contributed by atoms with van der Waals surface area (Å²) in [5.74, 6) is 2.40. The molecule has 0 spiro atoms. The fraction of sp³-hybridized carbons (Fsp3) is 0.385. The molecule has 0 aromatic heterocycles. The highest BCUT2D eigenvalue weighted by atomic mass is 19.1. The fourth-order valence-electron chi connectivity index (χ4n) is 1.49. The van der Waals surface area contributed by atoms with E-state index in [1.807, 2.05) is 13.0 Å². The number of terminal acetylenes is 1. The van der Waals surface area contributed by atoms with E-state index < -0.39 is 0 Å². The molecule has 0 aliphatic rings. The molecule has 1 aromatic carbocycles. The SMILES string of the molecule is C#CC(NCCC)c1cc(C)cc(F)c1. The van der Waals surface area contributed by atoms with Crippen LogP contribution in [0.4, 0.5) is 4.39 Å². The Morgan fingerprint density at radius 2 is 2.20 bits per heavy atom. The third-order valence-corrected chi connectivity index (χ3v) is 2.16. The maximum atomic E-state index is 13.2.